The van der Waals surface area contributed by atoms with Crippen LogP contribution in [0.4, 0.5) is 39.8 Å². The zero-order valence-corrected chi connectivity index (χ0v) is 44.8. The minimum Gasteiger partial charge on any atom is -0.310 e. The Morgan fingerprint density at radius 1 is 0.375 bits per heavy atom. The molecule has 0 saturated carbocycles. The molecule has 6 nitrogen and oxygen atoms in total. The van der Waals surface area contributed by atoms with Crippen LogP contribution < -0.4 is 9.80 Å². The minimum absolute atomic E-state index is 0.186. The molecule has 0 spiro atoms. The minimum atomic E-state index is -0.186. The van der Waals surface area contributed by atoms with E-state index in [-0.39, 0.29) is 10.8 Å². The van der Waals surface area contributed by atoms with Crippen LogP contribution in [0.25, 0.3) is 82.1 Å². The van der Waals surface area contributed by atoms with Crippen molar-refractivity contribution < 1.29 is 0 Å². The van der Waals surface area contributed by atoms with Gasteiger partial charge in [0.15, 0.2) is 5.69 Å². The Labute approximate surface area is 465 Å². The average Bonchev–Trinajstić information content (AvgIpc) is 4.09. The van der Waals surface area contributed by atoms with E-state index in [0.29, 0.717) is 11.3 Å². The van der Waals surface area contributed by atoms with E-state index in [9.17, 15) is 5.26 Å². The molecule has 0 unspecified atom stereocenters. The monoisotopic (exact) mass is 1020 g/mol. The van der Waals surface area contributed by atoms with Gasteiger partial charge in [0.2, 0.25) is 0 Å². The highest BCUT2D eigenvalue weighted by atomic mass is 15.2. The smallest absolute Gasteiger partial charge is 0.195 e. The van der Waals surface area contributed by atoms with Gasteiger partial charge in [0.25, 0.3) is 0 Å². The van der Waals surface area contributed by atoms with E-state index in [0.717, 1.165) is 88.6 Å². The molecule has 2 aromatic heterocycles. The third-order valence-corrected chi connectivity index (χ3v) is 17.3. The Balaban J connectivity index is 1.04. The van der Waals surface area contributed by atoms with Crippen LogP contribution in [-0.2, 0) is 10.8 Å². The van der Waals surface area contributed by atoms with Crippen molar-refractivity contribution in [2.45, 2.75) is 38.5 Å². The molecular weight excluding hydrogens is 973 g/mol. The molecule has 0 radical (unpaired) electrons. The molecule has 6 heteroatoms. The first-order valence-corrected chi connectivity index (χ1v) is 27.4. The van der Waals surface area contributed by atoms with Gasteiger partial charge in [-0.2, -0.15) is 5.26 Å². The Bertz CT molecular complexity index is 4400. The molecule has 0 bridgehead atoms. The predicted molar refractivity (Wildman–Crippen MR) is 331 cm³/mol. The van der Waals surface area contributed by atoms with Crippen LogP contribution in [0, 0.1) is 17.9 Å². The second kappa shape index (κ2) is 17.6. The zero-order chi connectivity index (χ0) is 54.0. The number of nitrogens with zero attached hydrogens (tertiary/aromatic N) is 6. The first-order valence-electron chi connectivity index (χ1n) is 27.4. The SMILES string of the molecule is [C-]#[N+]c1ccccc1-c1c2c3ccccc3n(-c3ccc(N4c5ccccc5C(C)(C)c5ccccc54)cc3)c2c(-c2ccccc2C#N)c2c3ccccc3n(-c3ccc(N4c5ccccc5C(C)(C)c5ccccc54)cc3)c12. The van der Waals surface area contributed by atoms with Crippen molar-refractivity contribution in [1.29, 1.82) is 5.26 Å². The van der Waals surface area contributed by atoms with E-state index in [1.54, 1.807) is 0 Å². The summed E-state index contributed by atoms with van der Waals surface area (Å²) in [6, 6.07) is 89.1. The van der Waals surface area contributed by atoms with Crippen LogP contribution in [0.5, 0.6) is 0 Å². The maximum atomic E-state index is 11.2. The van der Waals surface area contributed by atoms with Gasteiger partial charge in [0.1, 0.15) is 0 Å². The van der Waals surface area contributed by atoms with Crippen molar-refractivity contribution in [2.24, 2.45) is 0 Å². The van der Waals surface area contributed by atoms with Crippen LogP contribution in [0.3, 0.4) is 0 Å². The van der Waals surface area contributed by atoms with E-state index in [1.165, 1.54) is 45.0 Å². The first-order chi connectivity index (χ1) is 39.2. The molecule has 0 N–H and O–H groups in total. The van der Waals surface area contributed by atoms with E-state index >= 15 is 0 Å². The van der Waals surface area contributed by atoms with Crippen molar-refractivity contribution in [1.82, 2.24) is 9.13 Å². The lowest BCUT2D eigenvalue weighted by molar-refractivity contribution is 0.632. The van der Waals surface area contributed by atoms with Gasteiger partial charge in [0.05, 0.1) is 63.0 Å². The second-order valence-electron chi connectivity index (χ2n) is 22.2. The van der Waals surface area contributed by atoms with Gasteiger partial charge >= 0.3 is 0 Å². The third-order valence-electron chi connectivity index (χ3n) is 17.3. The number of anilines is 6. The average molecular weight is 1030 g/mol. The van der Waals surface area contributed by atoms with Crippen molar-refractivity contribution in [3.8, 4) is 39.7 Å². The van der Waals surface area contributed by atoms with Gasteiger partial charge in [-0.05, 0) is 119 Å². The summed E-state index contributed by atoms with van der Waals surface area (Å²) >= 11 is 0. The third kappa shape index (κ3) is 6.57. The Morgan fingerprint density at radius 2 is 0.713 bits per heavy atom. The Hall–Kier alpha value is -10.4. The van der Waals surface area contributed by atoms with E-state index < -0.39 is 0 Å². The molecule has 15 rings (SSSR count). The Morgan fingerprint density at radius 3 is 1.14 bits per heavy atom. The molecule has 80 heavy (non-hydrogen) atoms. The summed E-state index contributed by atoms with van der Waals surface area (Å²) in [4.78, 5) is 9.05. The van der Waals surface area contributed by atoms with Gasteiger partial charge < -0.3 is 18.9 Å². The maximum Gasteiger partial charge on any atom is 0.195 e. The highest BCUT2D eigenvalue weighted by Gasteiger charge is 2.39. The van der Waals surface area contributed by atoms with Gasteiger partial charge in [-0.1, -0.05) is 179 Å². The molecule has 378 valence electrons. The molecule has 0 amide bonds. The molecule has 13 aromatic rings. The van der Waals surface area contributed by atoms with Crippen LogP contribution in [-0.4, -0.2) is 9.13 Å². The van der Waals surface area contributed by atoms with Gasteiger partial charge in [-0.15, -0.1) is 0 Å². The van der Waals surface area contributed by atoms with Crippen LogP contribution in [0.1, 0.15) is 55.5 Å². The summed E-state index contributed by atoms with van der Waals surface area (Å²) in [5.74, 6) is 0. The summed E-state index contributed by atoms with van der Waals surface area (Å²) < 4.78 is 4.80. The number of benzene rings is 11. The highest BCUT2D eigenvalue weighted by molar-refractivity contribution is 6.34. The fourth-order valence-corrected chi connectivity index (χ4v) is 13.7. The highest BCUT2D eigenvalue weighted by Crippen LogP contribution is 2.56. The van der Waals surface area contributed by atoms with Gasteiger partial charge in [-0.25, -0.2) is 4.85 Å². The van der Waals surface area contributed by atoms with E-state index in [4.69, 9.17) is 6.57 Å². The van der Waals surface area contributed by atoms with Crippen molar-refractivity contribution >= 4 is 83.4 Å². The lowest BCUT2D eigenvalue weighted by atomic mass is 9.73. The molecular formula is C74H52N6. The largest absolute Gasteiger partial charge is 0.310 e. The molecule has 0 fully saturated rings. The molecule has 0 atom stereocenters. The fraction of sp³-hybridized carbons (Fsp3) is 0.0811. The summed E-state index contributed by atoms with van der Waals surface area (Å²) in [7, 11) is 0. The first kappa shape index (κ1) is 46.9. The zero-order valence-electron chi connectivity index (χ0n) is 44.8. The van der Waals surface area contributed by atoms with Gasteiger partial charge in [-0.3, -0.25) is 0 Å². The summed E-state index contributed by atoms with van der Waals surface area (Å²) in [6.45, 7) is 18.0. The van der Waals surface area contributed by atoms with E-state index in [2.05, 4.69) is 264 Å². The second-order valence-corrected chi connectivity index (χ2v) is 22.2. The lowest BCUT2D eigenvalue weighted by Gasteiger charge is -2.42. The normalized spacial score (nSPS) is 13.9. The molecule has 2 aliphatic heterocycles. The van der Waals surface area contributed by atoms with Crippen molar-refractivity contribution in [3.05, 3.63) is 282 Å². The summed E-state index contributed by atoms with van der Waals surface area (Å²) in [6.07, 6.45) is 0. The van der Waals surface area contributed by atoms with Crippen LogP contribution >= 0.6 is 0 Å². The standard InChI is InChI=1S/C74H52N6/c1-73(2)56-27-11-18-34-63(56)77(64-35-19-12-28-57(64)73)48-38-42-50(43-39-48)79-62-33-17-10-26-55(62)70-68(53-24-8-15-31-60(53)76-5)72-69(67(71(70)79)52-23-7-6-22-47(52)46-75)54-25-9-16-32-61(54)80(72)51-44-40-49(41-45-51)78-65-36-20-13-29-58(65)74(3,4)59-30-14-21-37-66(59)78/h6-45H,1-4H3. The maximum absolute atomic E-state index is 11.2. The number of rotatable bonds is 6. The molecule has 2 aliphatic rings. The number of nitriles is 1. The molecule has 4 heterocycles. The van der Waals surface area contributed by atoms with Crippen LogP contribution in [0.15, 0.2) is 243 Å². The topological polar surface area (TPSA) is 44.5 Å². The number of hydrogen-bond acceptors (Lipinski definition) is 3. The predicted octanol–water partition coefficient (Wildman–Crippen LogP) is 19.9. The number of para-hydroxylation sites is 7. The lowest BCUT2D eigenvalue weighted by Crippen LogP contribution is -2.30. The molecule has 11 aromatic carbocycles. The number of fused-ring (bicyclic) bond motifs is 10. The number of hydrogen-bond donors (Lipinski definition) is 0. The molecule has 0 saturated heterocycles. The quantitative estimate of drug-likeness (QED) is 0.156. The van der Waals surface area contributed by atoms with E-state index in [1.807, 2.05) is 36.4 Å². The summed E-state index contributed by atoms with van der Waals surface area (Å²) in [5, 5.41) is 15.2. The Kier molecular flexibility index (Phi) is 10.3. The van der Waals surface area contributed by atoms with Crippen molar-refractivity contribution in [3.63, 3.8) is 0 Å². The number of aromatic nitrogens is 2. The fourth-order valence-electron chi connectivity index (χ4n) is 13.7. The van der Waals surface area contributed by atoms with Crippen molar-refractivity contribution in [2.75, 3.05) is 9.80 Å². The van der Waals surface area contributed by atoms with Crippen LogP contribution in [0.2, 0.25) is 0 Å². The van der Waals surface area contributed by atoms with Gasteiger partial charge in [0, 0.05) is 71.8 Å². The molecule has 0 aliphatic carbocycles. The summed E-state index contributed by atoms with van der Waals surface area (Å²) in [5.41, 5.74) is 22.1.